The molecule has 1 amide bonds. The van der Waals surface area contributed by atoms with Crippen molar-refractivity contribution in [1.82, 2.24) is 9.97 Å². The number of anilines is 3. The van der Waals surface area contributed by atoms with E-state index in [4.69, 9.17) is 19.4 Å². The van der Waals surface area contributed by atoms with Crippen molar-refractivity contribution in [2.75, 3.05) is 17.4 Å². The summed E-state index contributed by atoms with van der Waals surface area (Å²) in [5, 5.41) is 9.46. The molecule has 7 nitrogen and oxygen atoms in total. The van der Waals surface area contributed by atoms with Gasteiger partial charge in [0.2, 0.25) is 6.79 Å². The van der Waals surface area contributed by atoms with Crippen molar-refractivity contribution < 1.29 is 14.3 Å². The lowest BCUT2D eigenvalue weighted by Crippen LogP contribution is -2.14. The molecule has 0 spiro atoms. The largest absolute Gasteiger partial charge is 0.454 e. The fraction of sp³-hybridized carbons (Fsp3) is 0.139. The Morgan fingerprint density at radius 1 is 0.744 bits per heavy atom. The number of hydrogen-bond acceptors (Lipinski definition) is 6. The van der Waals surface area contributed by atoms with E-state index >= 15 is 0 Å². The SMILES string of the molecule is CC(C)(C)c1ccc(C(=O)Nc2ccc3nc(-c4cccc5ccccc45)nc(Nc4ccc5c(c4)OCO5)c3c2)cc1. The first-order valence-electron chi connectivity index (χ1n) is 14.2. The third-order valence-electron chi connectivity index (χ3n) is 7.63. The number of rotatable bonds is 5. The minimum Gasteiger partial charge on any atom is -0.454 e. The molecule has 0 saturated heterocycles. The number of carbonyl (C=O) groups excluding carboxylic acids is 1. The van der Waals surface area contributed by atoms with Gasteiger partial charge in [-0.2, -0.15) is 0 Å². The van der Waals surface area contributed by atoms with Crippen LogP contribution in [0.4, 0.5) is 17.2 Å². The maximum absolute atomic E-state index is 13.2. The average Bonchev–Trinajstić information content (AvgIpc) is 3.48. The van der Waals surface area contributed by atoms with Gasteiger partial charge < -0.3 is 20.1 Å². The van der Waals surface area contributed by atoms with Gasteiger partial charge in [-0.15, -0.1) is 0 Å². The normalized spacial score (nSPS) is 12.4. The van der Waals surface area contributed by atoms with Crippen molar-refractivity contribution in [3.05, 3.63) is 114 Å². The van der Waals surface area contributed by atoms with Gasteiger partial charge in [0.25, 0.3) is 5.91 Å². The van der Waals surface area contributed by atoms with E-state index in [0.29, 0.717) is 34.4 Å². The second kappa shape index (κ2) is 10.4. The Morgan fingerprint density at radius 3 is 2.35 bits per heavy atom. The predicted molar refractivity (Wildman–Crippen MR) is 171 cm³/mol. The Kier molecular flexibility index (Phi) is 6.43. The number of fused-ring (bicyclic) bond motifs is 3. The molecule has 7 heteroatoms. The zero-order valence-electron chi connectivity index (χ0n) is 24.1. The molecule has 6 aromatic rings. The van der Waals surface area contributed by atoms with Gasteiger partial charge in [-0.25, -0.2) is 9.97 Å². The zero-order valence-corrected chi connectivity index (χ0v) is 24.1. The van der Waals surface area contributed by atoms with Gasteiger partial charge in [-0.05, 0) is 64.2 Å². The molecule has 2 N–H and O–H groups in total. The molecule has 43 heavy (non-hydrogen) atoms. The highest BCUT2D eigenvalue weighted by atomic mass is 16.7. The summed E-state index contributed by atoms with van der Waals surface area (Å²) < 4.78 is 11.1. The molecular formula is C36H30N4O3. The molecule has 5 aromatic carbocycles. The van der Waals surface area contributed by atoms with E-state index in [1.165, 1.54) is 5.56 Å². The van der Waals surface area contributed by atoms with E-state index in [0.717, 1.165) is 32.9 Å². The van der Waals surface area contributed by atoms with Gasteiger partial charge in [0.1, 0.15) is 5.82 Å². The standard InChI is InChI=1S/C36H30N4O3/c1-36(2,3)24-13-11-23(12-14-24)35(41)38-25-15-17-30-29(19-25)34(37-26-16-18-31-32(20-26)43-21-42-31)40-33(39-30)28-10-6-8-22-7-4-5-9-27(22)28/h4-20H,21H2,1-3H3,(H,38,41)(H,37,39,40). The van der Waals surface area contributed by atoms with Gasteiger partial charge in [-0.3, -0.25) is 4.79 Å². The van der Waals surface area contributed by atoms with Gasteiger partial charge in [0.05, 0.1) is 5.52 Å². The van der Waals surface area contributed by atoms with Crippen LogP contribution in [0.2, 0.25) is 0 Å². The predicted octanol–water partition coefficient (Wildman–Crippen LogP) is 8.47. The fourth-order valence-electron chi connectivity index (χ4n) is 5.28. The van der Waals surface area contributed by atoms with E-state index in [2.05, 4.69) is 49.6 Å². The lowest BCUT2D eigenvalue weighted by molar-refractivity contribution is 0.102. The van der Waals surface area contributed by atoms with Crippen LogP contribution in [0, 0.1) is 0 Å². The monoisotopic (exact) mass is 566 g/mol. The van der Waals surface area contributed by atoms with Crippen molar-refractivity contribution in [3.8, 4) is 22.9 Å². The molecule has 212 valence electrons. The molecule has 7 rings (SSSR count). The highest BCUT2D eigenvalue weighted by molar-refractivity contribution is 6.06. The van der Waals surface area contributed by atoms with Crippen molar-refractivity contribution in [3.63, 3.8) is 0 Å². The van der Waals surface area contributed by atoms with Gasteiger partial charge in [0, 0.05) is 34.0 Å². The fourth-order valence-corrected chi connectivity index (χ4v) is 5.28. The van der Waals surface area contributed by atoms with Crippen LogP contribution in [0.5, 0.6) is 11.5 Å². The summed E-state index contributed by atoms with van der Waals surface area (Å²) in [5.41, 5.74) is 4.90. The van der Waals surface area contributed by atoms with Crippen LogP contribution >= 0.6 is 0 Å². The molecule has 2 heterocycles. The molecule has 0 saturated carbocycles. The van der Waals surface area contributed by atoms with Crippen LogP contribution in [-0.4, -0.2) is 22.7 Å². The zero-order chi connectivity index (χ0) is 29.6. The maximum atomic E-state index is 13.2. The van der Waals surface area contributed by atoms with Crippen LogP contribution in [0.1, 0.15) is 36.7 Å². The molecule has 0 atom stereocenters. The van der Waals surface area contributed by atoms with E-state index in [1.807, 2.05) is 84.9 Å². The molecule has 0 fully saturated rings. The Hall–Kier alpha value is -5.43. The quantitative estimate of drug-likeness (QED) is 0.218. The molecule has 1 aromatic heterocycles. The van der Waals surface area contributed by atoms with Crippen molar-refractivity contribution in [2.24, 2.45) is 0 Å². The topological polar surface area (TPSA) is 85.4 Å². The first kappa shape index (κ1) is 26.5. The summed E-state index contributed by atoms with van der Waals surface area (Å²) in [6.45, 7) is 6.66. The van der Waals surface area contributed by atoms with Gasteiger partial charge in [0.15, 0.2) is 17.3 Å². The lowest BCUT2D eigenvalue weighted by Gasteiger charge is -2.19. The summed E-state index contributed by atoms with van der Waals surface area (Å²) >= 11 is 0. The molecule has 1 aliphatic heterocycles. The van der Waals surface area contributed by atoms with Crippen LogP contribution in [0.15, 0.2) is 103 Å². The molecular weight excluding hydrogens is 536 g/mol. The Bertz CT molecular complexity index is 2010. The molecule has 0 radical (unpaired) electrons. The third kappa shape index (κ3) is 5.21. The summed E-state index contributed by atoms with van der Waals surface area (Å²) in [4.78, 5) is 23.1. The van der Waals surface area contributed by atoms with E-state index < -0.39 is 0 Å². The van der Waals surface area contributed by atoms with Gasteiger partial charge in [-0.1, -0.05) is 75.4 Å². The molecule has 0 unspecified atom stereocenters. The Labute approximate surface area is 249 Å². The minimum atomic E-state index is -0.182. The number of benzene rings is 5. The summed E-state index contributed by atoms with van der Waals surface area (Å²) in [7, 11) is 0. The summed E-state index contributed by atoms with van der Waals surface area (Å²) in [6, 6.07) is 33.4. The number of hydrogen-bond donors (Lipinski definition) is 2. The highest BCUT2D eigenvalue weighted by Gasteiger charge is 2.18. The van der Waals surface area contributed by atoms with Crippen molar-refractivity contribution >= 4 is 44.8 Å². The molecule has 0 bridgehead atoms. The van der Waals surface area contributed by atoms with Crippen LogP contribution in [-0.2, 0) is 5.41 Å². The minimum absolute atomic E-state index is 0.0135. The number of nitrogens with one attached hydrogen (secondary N) is 2. The van der Waals surface area contributed by atoms with E-state index in [-0.39, 0.29) is 18.1 Å². The molecule has 1 aliphatic rings. The molecule has 0 aliphatic carbocycles. The second-order valence-electron chi connectivity index (χ2n) is 11.6. The van der Waals surface area contributed by atoms with Crippen molar-refractivity contribution in [1.29, 1.82) is 0 Å². The number of nitrogens with zero attached hydrogens (tertiary/aromatic N) is 2. The third-order valence-corrected chi connectivity index (χ3v) is 7.63. The van der Waals surface area contributed by atoms with Crippen molar-refractivity contribution in [2.45, 2.75) is 26.2 Å². The van der Waals surface area contributed by atoms with E-state index in [9.17, 15) is 4.79 Å². The number of ether oxygens (including phenoxy) is 2. The number of amides is 1. The highest BCUT2D eigenvalue weighted by Crippen LogP contribution is 2.37. The number of carbonyl (C=O) groups is 1. The second-order valence-corrected chi connectivity index (χ2v) is 11.6. The Balaban J connectivity index is 1.29. The van der Waals surface area contributed by atoms with Crippen LogP contribution < -0.4 is 20.1 Å². The first-order valence-corrected chi connectivity index (χ1v) is 14.2. The van der Waals surface area contributed by atoms with E-state index in [1.54, 1.807) is 0 Å². The lowest BCUT2D eigenvalue weighted by atomic mass is 9.87. The Morgan fingerprint density at radius 2 is 1.51 bits per heavy atom. The van der Waals surface area contributed by atoms with Crippen LogP contribution in [0.3, 0.4) is 0 Å². The van der Waals surface area contributed by atoms with Crippen LogP contribution in [0.25, 0.3) is 33.1 Å². The maximum Gasteiger partial charge on any atom is 0.255 e. The first-order chi connectivity index (χ1) is 20.8. The number of aromatic nitrogens is 2. The summed E-state index contributed by atoms with van der Waals surface area (Å²) in [6.07, 6.45) is 0. The smallest absolute Gasteiger partial charge is 0.255 e. The summed E-state index contributed by atoms with van der Waals surface area (Å²) in [5.74, 6) is 2.40. The average molecular weight is 567 g/mol. The van der Waals surface area contributed by atoms with Gasteiger partial charge >= 0.3 is 0 Å².